The van der Waals surface area contributed by atoms with Crippen LogP contribution in [-0.2, 0) is 9.59 Å². The van der Waals surface area contributed by atoms with Crippen molar-refractivity contribution in [2.45, 2.75) is 59.8 Å². The van der Waals surface area contributed by atoms with Gasteiger partial charge in [0.2, 0.25) is 11.8 Å². The minimum atomic E-state index is -0.0348. The normalized spacial score (nSPS) is 17.6. The second-order valence-corrected chi connectivity index (χ2v) is 6.17. The fourth-order valence-electron chi connectivity index (χ4n) is 2.52. The fourth-order valence-corrected chi connectivity index (χ4v) is 2.52. The van der Waals surface area contributed by atoms with Crippen molar-refractivity contribution in [2.24, 2.45) is 11.8 Å². The van der Waals surface area contributed by atoms with E-state index in [2.05, 4.69) is 31.4 Å². The van der Waals surface area contributed by atoms with Crippen molar-refractivity contribution in [3.8, 4) is 0 Å². The summed E-state index contributed by atoms with van der Waals surface area (Å²) in [6.07, 6.45) is 6.65. The molecule has 1 rings (SSSR count). The van der Waals surface area contributed by atoms with Gasteiger partial charge in [-0.3, -0.25) is 9.59 Å². The second-order valence-electron chi connectivity index (χ2n) is 6.17. The Hall–Kier alpha value is -1.58. The van der Waals surface area contributed by atoms with Crippen LogP contribution in [0.4, 0.5) is 0 Å². The molecule has 124 valence electrons. The minimum absolute atomic E-state index is 0.0348. The van der Waals surface area contributed by atoms with E-state index in [1.165, 1.54) is 0 Å². The van der Waals surface area contributed by atoms with Crippen molar-refractivity contribution in [1.29, 1.82) is 0 Å². The molecule has 1 unspecified atom stereocenters. The fraction of sp³-hybridized carbons (Fsp3) is 0.667. The Morgan fingerprint density at radius 1 is 1.27 bits per heavy atom. The molecule has 2 N–H and O–H groups in total. The molecule has 0 aliphatic heterocycles. The molecule has 1 fully saturated rings. The van der Waals surface area contributed by atoms with Crippen LogP contribution in [0.15, 0.2) is 22.9 Å². The van der Waals surface area contributed by atoms with Crippen LogP contribution in [0.1, 0.15) is 59.8 Å². The van der Waals surface area contributed by atoms with E-state index in [-0.39, 0.29) is 23.7 Å². The number of likely N-dealkylation sites (N-methyl/N-ethyl adjacent to an activating group) is 1. The summed E-state index contributed by atoms with van der Waals surface area (Å²) >= 11 is 0. The van der Waals surface area contributed by atoms with Crippen molar-refractivity contribution in [1.82, 2.24) is 10.6 Å². The van der Waals surface area contributed by atoms with E-state index in [1.807, 2.05) is 13.0 Å². The van der Waals surface area contributed by atoms with E-state index in [0.717, 1.165) is 48.9 Å². The average Bonchev–Trinajstić information content (AvgIpc) is 3.31. The van der Waals surface area contributed by atoms with Crippen molar-refractivity contribution >= 4 is 11.8 Å². The molecule has 0 aromatic heterocycles. The first-order valence-corrected chi connectivity index (χ1v) is 8.38. The lowest BCUT2D eigenvalue weighted by molar-refractivity contribution is -0.121. The van der Waals surface area contributed by atoms with Gasteiger partial charge in [0.25, 0.3) is 0 Å². The zero-order chi connectivity index (χ0) is 16.7. The van der Waals surface area contributed by atoms with Gasteiger partial charge in [-0.25, -0.2) is 0 Å². The predicted octanol–water partition coefficient (Wildman–Crippen LogP) is 3.31. The lowest BCUT2D eigenvalue weighted by atomic mass is 9.92. The van der Waals surface area contributed by atoms with E-state index in [0.29, 0.717) is 0 Å². The third kappa shape index (κ3) is 5.32. The Bertz CT molecular complexity index is 473. The Morgan fingerprint density at radius 3 is 2.36 bits per heavy atom. The lowest BCUT2D eigenvalue weighted by Gasteiger charge is -2.16. The smallest absolute Gasteiger partial charge is 0.247 e. The standard InChI is InChI=1S/C18H30N2O2/c1-6-8-15(20-17(21)14-9-10-14)11-13(4)16(12(3)7-2)18(22)19-5/h11-12,14H,6-10H2,1-5H3,(H,19,22)(H,20,21)/b15-11+,16-13+. The quantitative estimate of drug-likeness (QED) is 0.534. The molecular formula is C18H30N2O2. The van der Waals surface area contributed by atoms with Gasteiger partial charge >= 0.3 is 0 Å². The third-order valence-electron chi connectivity index (χ3n) is 4.14. The highest BCUT2D eigenvalue weighted by molar-refractivity contribution is 5.95. The topological polar surface area (TPSA) is 58.2 Å². The number of rotatable bonds is 8. The molecule has 0 aromatic rings. The molecule has 0 radical (unpaired) electrons. The van der Waals surface area contributed by atoms with Gasteiger partial charge in [0.05, 0.1) is 0 Å². The first-order chi connectivity index (χ1) is 10.4. The molecule has 22 heavy (non-hydrogen) atoms. The molecule has 0 bridgehead atoms. The predicted molar refractivity (Wildman–Crippen MR) is 90.1 cm³/mol. The Labute approximate surface area is 134 Å². The summed E-state index contributed by atoms with van der Waals surface area (Å²) in [5, 5.41) is 5.76. The molecule has 4 heteroatoms. The molecule has 0 heterocycles. The average molecular weight is 306 g/mol. The van der Waals surface area contributed by atoms with Crippen LogP contribution in [0.3, 0.4) is 0 Å². The van der Waals surface area contributed by atoms with Gasteiger partial charge in [-0.05, 0) is 50.2 Å². The molecule has 0 saturated heterocycles. The van der Waals surface area contributed by atoms with Crippen LogP contribution >= 0.6 is 0 Å². The van der Waals surface area contributed by atoms with E-state index in [1.54, 1.807) is 7.05 Å². The Kier molecular flexibility index (Phi) is 7.36. The maximum Gasteiger partial charge on any atom is 0.247 e. The molecule has 1 atom stereocenters. The summed E-state index contributed by atoms with van der Waals surface area (Å²) in [7, 11) is 1.66. The number of allylic oxidation sites excluding steroid dienone is 3. The van der Waals surface area contributed by atoms with Gasteiger partial charge < -0.3 is 10.6 Å². The van der Waals surface area contributed by atoms with Crippen LogP contribution < -0.4 is 10.6 Å². The van der Waals surface area contributed by atoms with Crippen LogP contribution in [-0.4, -0.2) is 18.9 Å². The highest BCUT2D eigenvalue weighted by Gasteiger charge is 2.29. The SMILES string of the molecule is CCC/C(=C\C(C)=C(\C(=O)NC)C(C)CC)NC(=O)C1CC1. The van der Waals surface area contributed by atoms with Gasteiger partial charge in [-0.1, -0.05) is 27.2 Å². The highest BCUT2D eigenvalue weighted by atomic mass is 16.2. The molecule has 2 amide bonds. The lowest BCUT2D eigenvalue weighted by Crippen LogP contribution is -2.26. The summed E-state index contributed by atoms with van der Waals surface area (Å²) in [6.45, 7) is 8.18. The summed E-state index contributed by atoms with van der Waals surface area (Å²) in [6, 6.07) is 0. The van der Waals surface area contributed by atoms with Gasteiger partial charge in [-0.15, -0.1) is 0 Å². The van der Waals surface area contributed by atoms with Crippen molar-refractivity contribution in [3.05, 3.63) is 22.9 Å². The zero-order valence-electron chi connectivity index (χ0n) is 14.6. The number of hydrogen-bond donors (Lipinski definition) is 2. The minimum Gasteiger partial charge on any atom is -0.355 e. The van der Waals surface area contributed by atoms with Gasteiger partial charge in [0, 0.05) is 24.2 Å². The van der Waals surface area contributed by atoms with E-state index in [9.17, 15) is 9.59 Å². The van der Waals surface area contributed by atoms with Crippen LogP contribution in [0.5, 0.6) is 0 Å². The molecule has 4 nitrogen and oxygen atoms in total. The maximum absolute atomic E-state index is 12.1. The molecule has 0 spiro atoms. The van der Waals surface area contributed by atoms with E-state index in [4.69, 9.17) is 0 Å². The highest BCUT2D eigenvalue weighted by Crippen LogP contribution is 2.29. The van der Waals surface area contributed by atoms with Gasteiger partial charge in [0.1, 0.15) is 0 Å². The monoisotopic (exact) mass is 306 g/mol. The molecule has 1 saturated carbocycles. The second kappa shape index (κ2) is 8.76. The van der Waals surface area contributed by atoms with Crippen LogP contribution in [0.25, 0.3) is 0 Å². The van der Waals surface area contributed by atoms with E-state index < -0.39 is 0 Å². The maximum atomic E-state index is 12.1. The molecule has 0 aromatic carbocycles. The molecule has 1 aliphatic rings. The van der Waals surface area contributed by atoms with Crippen LogP contribution in [0.2, 0.25) is 0 Å². The number of amides is 2. The van der Waals surface area contributed by atoms with E-state index >= 15 is 0 Å². The van der Waals surface area contributed by atoms with Gasteiger partial charge in [-0.2, -0.15) is 0 Å². The van der Waals surface area contributed by atoms with Crippen molar-refractivity contribution < 1.29 is 9.59 Å². The number of carbonyl (C=O) groups is 2. The first-order valence-electron chi connectivity index (χ1n) is 8.38. The summed E-state index contributed by atoms with van der Waals surface area (Å²) < 4.78 is 0. The molecule has 1 aliphatic carbocycles. The summed E-state index contributed by atoms with van der Waals surface area (Å²) in [4.78, 5) is 24.1. The van der Waals surface area contributed by atoms with Crippen molar-refractivity contribution in [3.63, 3.8) is 0 Å². The number of hydrogen-bond acceptors (Lipinski definition) is 2. The largest absolute Gasteiger partial charge is 0.355 e. The third-order valence-corrected chi connectivity index (χ3v) is 4.14. The van der Waals surface area contributed by atoms with Gasteiger partial charge in [0.15, 0.2) is 0 Å². The Balaban J connectivity index is 3.03. The number of nitrogens with one attached hydrogen (secondary N) is 2. The molecular weight excluding hydrogens is 276 g/mol. The summed E-state index contributed by atoms with van der Waals surface area (Å²) in [5.74, 6) is 0.473. The first kappa shape index (κ1) is 18.5. The zero-order valence-corrected chi connectivity index (χ0v) is 14.6. The number of carbonyl (C=O) groups excluding carboxylic acids is 2. The van der Waals surface area contributed by atoms with Crippen LogP contribution in [0, 0.1) is 11.8 Å². The Morgan fingerprint density at radius 2 is 1.91 bits per heavy atom. The van der Waals surface area contributed by atoms with Crippen molar-refractivity contribution in [2.75, 3.05) is 7.05 Å². The summed E-state index contributed by atoms with van der Waals surface area (Å²) in [5.41, 5.74) is 2.66.